The Morgan fingerprint density at radius 3 is 1.20 bits per heavy atom. The molecule has 0 heterocycles. The molecule has 0 aliphatic carbocycles. The third kappa shape index (κ3) is 61.3. The van der Waals surface area contributed by atoms with Crippen molar-refractivity contribution in [1.29, 1.82) is 0 Å². The summed E-state index contributed by atoms with van der Waals surface area (Å²) in [7, 11) is 0. The third-order valence-electron chi connectivity index (χ3n) is 0. The van der Waals surface area contributed by atoms with Gasteiger partial charge in [0.25, 0.3) is 0 Å². The minimum absolute atomic E-state index is 0. The molecule has 0 saturated heterocycles. The molecule has 0 aromatic carbocycles. The molecule has 29 valence electrons. The van der Waals surface area contributed by atoms with Gasteiger partial charge in [0.15, 0.2) is 0 Å². The van der Waals surface area contributed by atoms with Crippen LogP contribution in [0.3, 0.4) is 0 Å². The first-order chi connectivity index (χ1) is 2.00. The molecule has 0 bridgehead atoms. The van der Waals surface area contributed by atoms with Crippen LogP contribution in [0.25, 0.3) is 0 Å². The second-order valence-corrected chi connectivity index (χ2v) is 0. The molecule has 0 atom stereocenters. The van der Waals surface area contributed by atoms with Crippen molar-refractivity contribution in [2.45, 2.75) is 13.8 Å². The molecule has 0 N–H and O–H groups in total. The molecule has 1 nitrogen and oxygen atoms in total. The molecule has 0 spiro atoms. The summed E-state index contributed by atoms with van der Waals surface area (Å²) in [6.45, 7) is 7.25. The summed E-state index contributed by atoms with van der Waals surface area (Å²) >= 11 is 0. The molecule has 0 rings (SSSR count). The summed E-state index contributed by atoms with van der Waals surface area (Å²) in [5.74, 6) is 0. The van der Waals surface area contributed by atoms with Crippen LogP contribution in [-0.2, 0) is 37.5 Å². The minimum Gasteiger partial charge on any atom is -0.545 e. The predicted molar refractivity (Wildman–Crippen MR) is 18.1 cm³/mol. The van der Waals surface area contributed by atoms with Gasteiger partial charge in [-0.1, -0.05) is 13.8 Å². The predicted octanol–water partition coefficient (Wildman–Crippen LogP) is 0.750. The van der Waals surface area contributed by atoms with E-state index in [9.17, 15) is 0 Å². The van der Waals surface area contributed by atoms with Gasteiger partial charge in [-0.2, -0.15) is 0 Å². The molecule has 0 fully saturated rings. The Balaban J connectivity index is -0.0000000133. The van der Waals surface area contributed by atoms with E-state index in [2.05, 4.69) is 6.79 Å². The molecule has 0 aromatic rings. The quantitative estimate of drug-likeness (QED) is 0.366. The molecule has 0 aliphatic rings. The van der Waals surface area contributed by atoms with Crippen LogP contribution in [0.4, 0.5) is 0 Å². The Morgan fingerprint density at radius 1 is 1.20 bits per heavy atom. The molecule has 1 radical (unpaired) electrons. The Labute approximate surface area is 58.0 Å². The summed E-state index contributed by atoms with van der Waals surface area (Å²) in [5.41, 5.74) is 0. The molecular formula is C3H7OY-. The Morgan fingerprint density at radius 2 is 1.20 bits per heavy atom. The SMILES string of the molecule is CC.[CH-]=O.[Y]. The summed E-state index contributed by atoms with van der Waals surface area (Å²) in [6, 6.07) is 0. The van der Waals surface area contributed by atoms with Crippen LogP contribution in [0.2, 0.25) is 0 Å². The maximum atomic E-state index is 7.75. The van der Waals surface area contributed by atoms with Gasteiger partial charge in [0, 0.05) is 32.7 Å². The number of carbonyl (C=O) groups excluding carboxylic acids is 1. The maximum absolute atomic E-state index is 7.75. The zero-order valence-electron chi connectivity index (χ0n) is 3.56. The van der Waals surface area contributed by atoms with E-state index in [4.69, 9.17) is 4.79 Å². The van der Waals surface area contributed by atoms with Gasteiger partial charge in [0.1, 0.15) is 0 Å². The zero-order chi connectivity index (χ0) is 4.00. The summed E-state index contributed by atoms with van der Waals surface area (Å²) in [5, 5.41) is 0. The van der Waals surface area contributed by atoms with E-state index in [-0.39, 0.29) is 32.7 Å². The van der Waals surface area contributed by atoms with Crippen molar-refractivity contribution < 1.29 is 37.5 Å². The van der Waals surface area contributed by atoms with E-state index in [1.54, 1.807) is 0 Å². The Hall–Kier alpha value is 0.774. The normalized spacial score (nSPS) is 2.00. The van der Waals surface area contributed by atoms with Crippen LogP contribution in [-0.4, -0.2) is 6.79 Å². The van der Waals surface area contributed by atoms with Gasteiger partial charge in [-0.3, -0.25) is 6.79 Å². The van der Waals surface area contributed by atoms with E-state index >= 15 is 0 Å². The zero-order valence-corrected chi connectivity index (χ0v) is 6.40. The van der Waals surface area contributed by atoms with Crippen LogP contribution in [0.5, 0.6) is 0 Å². The van der Waals surface area contributed by atoms with Crippen LogP contribution in [0, 0.1) is 0 Å². The number of hydrogen-bond acceptors (Lipinski definition) is 1. The minimum atomic E-state index is 0. The molecule has 2 heteroatoms. The fourth-order valence-corrected chi connectivity index (χ4v) is 0. The second kappa shape index (κ2) is 114. The molecule has 0 saturated carbocycles. The molecule has 0 unspecified atom stereocenters. The van der Waals surface area contributed by atoms with Crippen molar-refractivity contribution in [3.63, 3.8) is 0 Å². The first-order valence-electron chi connectivity index (χ1n) is 1.24. The van der Waals surface area contributed by atoms with Crippen LogP contribution < -0.4 is 0 Å². The Bertz CT molecular complexity index is 6.85. The fourth-order valence-electron chi connectivity index (χ4n) is 0. The standard InChI is InChI=1S/C2H6.CHO.Y/c2*1-2;/h1-2H3;1H;/q;-1;. The van der Waals surface area contributed by atoms with E-state index in [1.807, 2.05) is 13.8 Å². The molecular weight excluding hydrogens is 141 g/mol. The van der Waals surface area contributed by atoms with Crippen molar-refractivity contribution in [3.05, 3.63) is 0 Å². The van der Waals surface area contributed by atoms with Crippen molar-refractivity contribution in [2.24, 2.45) is 0 Å². The molecule has 0 aliphatic heterocycles. The van der Waals surface area contributed by atoms with Crippen LogP contribution >= 0.6 is 0 Å². The van der Waals surface area contributed by atoms with Gasteiger partial charge in [-0.25, -0.2) is 0 Å². The van der Waals surface area contributed by atoms with Gasteiger partial charge >= 0.3 is 0 Å². The molecule has 5 heavy (non-hydrogen) atoms. The van der Waals surface area contributed by atoms with Crippen LogP contribution in [0.1, 0.15) is 13.8 Å². The van der Waals surface area contributed by atoms with Gasteiger partial charge < -0.3 is 4.79 Å². The molecule has 0 aromatic heterocycles. The van der Waals surface area contributed by atoms with Crippen molar-refractivity contribution in [2.75, 3.05) is 0 Å². The van der Waals surface area contributed by atoms with E-state index < -0.39 is 0 Å². The summed E-state index contributed by atoms with van der Waals surface area (Å²) in [6.07, 6.45) is 0. The summed E-state index contributed by atoms with van der Waals surface area (Å²) in [4.78, 5) is 7.75. The van der Waals surface area contributed by atoms with Crippen molar-refractivity contribution in [1.82, 2.24) is 0 Å². The van der Waals surface area contributed by atoms with Crippen LogP contribution in [0.15, 0.2) is 0 Å². The van der Waals surface area contributed by atoms with Gasteiger partial charge in [0.2, 0.25) is 0 Å². The first kappa shape index (κ1) is 17.1. The third-order valence-corrected chi connectivity index (χ3v) is 0. The fraction of sp³-hybridized carbons (Fsp3) is 0.667. The van der Waals surface area contributed by atoms with E-state index in [0.717, 1.165) is 0 Å². The average molecular weight is 148 g/mol. The van der Waals surface area contributed by atoms with Gasteiger partial charge in [-0.05, 0) is 0 Å². The summed E-state index contributed by atoms with van der Waals surface area (Å²) < 4.78 is 0. The number of hydrogen-bond donors (Lipinski definition) is 0. The first-order valence-corrected chi connectivity index (χ1v) is 1.24. The van der Waals surface area contributed by atoms with Crippen molar-refractivity contribution in [3.8, 4) is 0 Å². The topological polar surface area (TPSA) is 17.1 Å². The average Bonchev–Trinajstić information content (AvgIpc) is 1.50. The number of rotatable bonds is 0. The van der Waals surface area contributed by atoms with Crippen molar-refractivity contribution >= 4 is 6.79 Å². The Kier molecular flexibility index (Phi) is 388. The smallest absolute Gasteiger partial charge is 0 e. The monoisotopic (exact) mass is 148 g/mol. The maximum Gasteiger partial charge on any atom is 0 e. The van der Waals surface area contributed by atoms with E-state index in [0.29, 0.717) is 0 Å². The van der Waals surface area contributed by atoms with Gasteiger partial charge in [0.05, 0.1) is 0 Å². The van der Waals surface area contributed by atoms with E-state index in [1.165, 1.54) is 0 Å². The van der Waals surface area contributed by atoms with Gasteiger partial charge in [-0.15, -0.1) is 0 Å². The second-order valence-electron chi connectivity index (χ2n) is 0. The largest absolute Gasteiger partial charge is 0.545 e. The molecule has 0 amide bonds.